The Morgan fingerprint density at radius 2 is 1.85 bits per heavy atom. The molecule has 1 N–H and O–H groups in total. The molecule has 1 fully saturated rings. The fourth-order valence-corrected chi connectivity index (χ4v) is 3.29. The molecule has 3 rings (SSSR count). The van der Waals surface area contributed by atoms with E-state index in [1.807, 2.05) is 30.0 Å². The average Bonchev–Trinajstić information content (AvgIpc) is 2.55. The molecule has 0 amide bonds. The zero-order chi connectivity index (χ0) is 13.6. The van der Waals surface area contributed by atoms with Crippen molar-refractivity contribution in [1.29, 1.82) is 0 Å². The molecule has 1 aliphatic rings. The zero-order valence-corrected chi connectivity index (χ0v) is 12.2. The molecule has 0 radical (unpaired) electrons. The lowest BCUT2D eigenvalue weighted by atomic mass is 10.1. The highest BCUT2D eigenvalue weighted by atomic mass is 32.2. The van der Waals surface area contributed by atoms with Crippen LogP contribution in [0, 0.1) is 0 Å². The molecular weight excluding hydrogens is 266 g/mol. The Bertz CT molecular complexity index is 520. The summed E-state index contributed by atoms with van der Waals surface area (Å²) in [5.74, 6) is 3.31. The highest BCUT2D eigenvalue weighted by Crippen LogP contribution is 2.24. The largest absolute Gasteiger partial charge is 0.489 e. The van der Waals surface area contributed by atoms with Crippen LogP contribution in [0.1, 0.15) is 17.2 Å². The van der Waals surface area contributed by atoms with E-state index in [4.69, 9.17) is 4.74 Å². The molecule has 0 bridgehead atoms. The molecule has 3 heteroatoms. The molecule has 2 nitrogen and oxygen atoms in total. The zero-order valence-electron chi connectivity index (χ0n) is 11.4. The molecular formula is C17H19NOS. The first kappa shape index (κ1) is 13.5. The summed E-state index contributed by atoms with van der Waals surface area (Å²) in [6, 6.07) is 19.2. The number of hydrogen-bond acceptors (Lipinski definition) is 3. The molecule has 1 unspecified atom stereocenters. The third-order valence-electron chi connectivity index (χ3n) is 3.45. The third-order valence-corrected chi connectivity index (χ3v) is 4.51. The number of benzene rings is 2. The maximum atomic E-state index is 5.81. The third kappa shape index (κ3) is 3.56. The van der Waals surface area contributed by atoms with Crippen LogP contribution in [0.2, 0.25) is 0 Å². The number of ether oxygens (including phenoxy) is 1. The molecule has 1 atom stereocenters. The second-order valence-corrected chi connectivity index (χ2v) is 6.07. The van der Waals surface area contributed by atoms with E-state index in [1.165, 1.54) is 16.9 Å². The van der Waals surface area contributed by atoms with Crippen LogP contribution in [-0.2, 0) is 6.61 Å². The lowest BCUT2D eigenvalue weighted by Gasteiger charge is -2.23. The van der Waals surface area contributed by atoms with Gasteiger partial charge in [-0.05, 0) is 23.3 Å². The van der Waals surface area contributed by atoms with Crippen molar-refractivity contribution in [3.8, 4) is 5.75 Å². The number of hydrogen-bond donors (Lipinski definition) is 1. The molecule has 0 saturated carbocycles. The highest BCUT2D eigenvalue weighted by Gasteiger charge is 2.14. The Hall–Kier alpha value is -1.45. The van der Waals surface area contributed by atoms with Gasteiger partial charge in [-0.2, -0.15) is 11.8 Å². The fraction of sp³-hybridized carbons (Fsp3) is 0.294. The van der Waals surface area contributed by atoms with Crippen molar-refractivity contribution >= 4 is 11.8 Å². The monoisotopic (exact) mass is 285 g/mol. The Morgan fingerprint density at radius 1 is 1.05 bits per heavy atom. The summed E-state index contributed by atoms with van der Waals surface area (Å²) in [5, 5.41) is 3.55. The molecule has 1 heterocycles. The molecule has 104 valence electrons. The summed E-state index contributed by atoms with van der Waals surface area (Å²) in [5.41, 5.74) is 2.55. The van der Waals surface area contributed by atoms with E-state index in [0.717, 1.165) is 18.0 Å². The Morgan fingerprint density at radius 3 is 2.55 bits per heavy atom. The SMILES string of the molecule is c1ccc(COc2ccc(C3CSCCN3)cc2)cc1. The second kappa shape index (κ2) is 6.82. The Balaban J connectivity index is 1.58. The first-order valence-electron chi connectivity index (χ1n) is 6.99. The van der Waals surface area contributed by atoms with Gasteiger partial charge in [0.2, 0.25) is 0 Å². The van der Waals surface area contributed by atoms with Crippen molar-refractivity contribution in [2.24, 2.45) is 0 Å². The predicted molar refractivity (Wildman–Crippen MR) is 85.3 cm³/mol. The molecule has 0 spiro atoms. The molecule has 0 aliphatic carbocycles. The van der Waals surface area contributed by atoms with Crippen LogP contribution in [0.25, 0.3) is 0 Å². The van der Waals surface area contributed by atoms with Crippen molar-refractivity contribution in [3.63, 3.8) is 0 Å². The number of rotatable bonds is 4. The van der Waals surface area contributed by atoms with E-state index < -0.39 is 0 Å². The number of nitrogens with one attached hydrogen (secondary N) is 1. The van der Waals surface area contributed by atoms with Gasteiger partial charge in [-0.3, -0.25) is 0 Å². The Labute approximate surface area is 124 Å². The van der Waals surface area contributed by atoms with Gasteiger partial charge < -0.3 is 10.1 Å². The average molecular weight is 285 g/mol. The molecule has 0 aromatic heterocycles. The smallest absolute Gasteiger partial charge is 0.119 e. The molecule has 2 aromatic rings. The van der Waals surface area contributed by atoms with Crippen molar-refractivity contribution in [2.75, 3.05) is 18.1 Å². The molecule has 1 aliphatic heterocycles. The van der Waals surface area contributed by atoms with Crippen LogP contribution in [0.4, 0.5) is 0 Å². The van der Waals surface area contributed by atoms with Gasteiger partial charge in [0.1, 0.15) is 12.4 Å². The highest BCUT2D eigenvalue weighted by molar-refractivity contribution is 7.99. The van der Waals surface area contributed by atoms with Crippen molar-refractivity contribution in [1.82, 2.24) is 5.32 Å². The van der Waals surface area contributed by atoms with Gasteiger partial charge in [-0.25, -0.2) is 0 Å². The first-order chi connectivity index (χ1) is 9.92. The molecule has 2 aromatic carbocycles. The summed E-state index contributed by atoms with van der Waals surface area (Å²) in [6.45, 7) is 1.72. The lowest BCUT2D eigenvalue weighted by Crippen LogP contribution is -2.30. The molecule has 20 heavy (non-hydrogen) atoms. The minimum absolute atomic E-state index is 0.483. The van der Waals surface area contributed by atoms with Gasteiger partial charge in [-0.1, -0.05) is 42.5 Å². The van der Waals surface area contributed by atoms with Crippen LogP contribution >= 0.6 is 11.8 Å². The van der Waals surface area contributed by atoms with E-state index in [0.29, 0.717) is 12.6 Å². The van der Waals surface area contributed by atoms with E-state index in [2.05, 4.69) is 41.7 Å². The van der Waals surface area contributed by atoms with Crippen LogP contribution in [0.3, 0.4) is 0 Å². The van der Waals surface area contributed by atoms with Gasteiger partial charge in [0.05, 0.1) is 0 Å². The van der Waals surface area contributed by atoms with Gasteiger partial charge in [-0.15, -0.1) is 0 Å². The molecule has 1 saturated heterocycles. The summed E-state index contributed by atoms with van der Waals surface area (Å²) in [7, 11) is 0. The summed E-state index contributed by atoms with van der Waals surface area (Å²) in [6.07, 6.45) is 0. The summed E-state index contributed by atoms with van der Waals surface area (Å²) < 4.78 is 5.81. The normalized spacial score (nSPS) is 18.7. The number of thioether (sulfide) groups is 1. The van der Waals surface area contributed by atoms with E-state index >= 15 is 0 Å². The fourth-order valence-electron chi connectivity index (χ4n) is 2.32. The van der Waals surface area contributed by atoms with Gasteiger partial charge in [0, 0.05) is 24.1 Å². The maximum absolute atomic E-state index is 5.81. The van der Waals surface area contributed by atoms with Crippen molar-refractivity contribution < 1.29 is 4.74 Å². The first-order valence-corrected chi connectivity index (χ1v) is 8.15. The maximum Gasteiger partial charge on any atom is 0.119 e. The summed E-state index contributed by atoms with van der Waals surface area (Å²) >= 11 is 2.02. The predicted octanol–water partition coefficient (Wildman–Crippen LogP) is 3.64. The standard InChI is InChI=1S/C17H19NOS/c1-2-4-14(5-3-1)12-19-16-8-6-15(7-9-16)17-13-20-11-10-18-17/h1-9,17-18H,10-13H2. The van der Waals surface area contributed by atoms with Crippen LogP contribution in [-0.4, -0.2) is 18.1 Å². The van der Waals surface area contributed by atoms with E-state index in [1.54, 1.807) is 0 Å². The quantitative estimate of drug-likeness (QED) is 0.926. The van der Waals surface area contributed by atoms with Crippen LogP contribution < -0.4 is 10.1 Å². The van der Waals surface area contributed by atoms with Crippen LogP contribution in [0.15, 0.2) is 54.6 Å². The second-order valence-electron chi connectivity index (χ2n) is 4.92. The summed E-state index contributed by atoms with van der Waals surface area (Å²) in [4.78, 5) is 0. The van der Waals surface area contributed by atoms with Crippen LogP contribution in [0.5, 0.6) is 5.75 Å². The van der Waals surface area contributed by atoms with Crippen molar-refractivity contribution in [3.05, 3.63) is 65.7 Å². The topological polar surface area (TPSA) is 21.3 Å². The van der Waals surface area contributed by atoms with Gasteiger partial charge >= 0.3 is 0 Å². The van der Waals surface area contributed by atoms with Gasteiger partial charge in [0.15, 0.2) is 0 Å². The van der Waals surface area contributed by atoms with Crippen molar-refractivity contribution in [2.45, 2.75) is 12.6 Å². The van der Waals surface area contributed by atoms with E-state index in [9.17, 15) is 0 Å². The Kier molecular flexibility index (Phi) is 4.61. The minimum atomic E-state index is 0.483. The minimum Gasteiger partial charge on any atom is -0.489 e. The van der Waals surface area contributed by atoms with E-state index in [-0.39, 0.29) is 0 Å². The van der Waals surface area contributed by atoms with Gasteiger partial charge in [0.25, 0.3) is 0 Å². The lowest BCUT2D eigenvalue weighted by molar-refractivity contribution is 0.306.